The molecule has 2 aliphatic rings. The maximum absolute atomic E-state index is 15.6. The molecule has 9 heteroatoms. The summed E-state index contributed by atoms with van der Waals surface area (Å²) in [6.45, 7) is 4.24. The monoisotopic (exact) mass is 451 g/mol. The molecular formula is C24H26FN5O3. The summed E-state index contributed by atoms with van der Waals surface area (Å²) in [4.78, 5) is 24.5. The van der Waals surface area contributed by atoms with Crippen LogP contribution in [-0.4, -0.2) is 52.3 Å². The highest BCUT2D eigenvalue weighted by atomic mass is 19.1. The van der Waals surface area contributed by atoms with Gasteiger partial charge >= 0.3 is 0 Å². The minimum atomic E-state index is -0.737. The summed E-state index contributed by atoms with van der Waals surface area (Å²) in [6.07, 6.45) is 2.62. The predicted molar refractivity (Wildman–Crippen MR) is 124 cm³/mol. The molecule has 0 spiro atoms. The van der Waals surface area contributed by atoms with Crippen LogP contribution in [0.1, 0.15) is 42.6 Å². The van der Waals surface area contributed by atoms with Crippen molar-refractivity contribution in [3.8, 4) is 11.3 Å². The van der Waals surface area contributed by atoms with Gasteiger partial charge in [-0.25, -0.2) is 14.4 Å². The van der Waals surface area contributed by atoms with E-state index in [1.54, 1.807) is 24.3 Å². The van der Waals surface area contributed by atoms with Crippen LogP contribution in [0.4, 0.5) is 10.2 Å². The molecule has 3 aromatic rings. The number of fused-ring (bicyclic) bond motifs is 1. The van der Waals surface area contributed by atoms with Crippen molar-refractivity contribution < 1.29 is 19.0 Å². The molecule has 1 unspecified atom stereocenters. The first-order valence-corrected chi connectivity index (χ1v) is 11.0. The van der Waals surface area contributed by atoms with Gasteiger partial charge in [0.2, 0.25) is 5.90 Å². The SMILES string of the molecule is CNC(=O)c1cnc(NC(O)C2CC2)c2[nH]c(-c3cccc(C4=NC(C)(C)CO4)c3F)cc12. The van der Waals surface area contributed by atoms with Gasteiger partial charge in [0.05, 0.1) is 22.2 Å². The van der Waals surface area contributed by atoms with Crippen LogP contribution in [-0.2, 0) is 4.74 Å². The Morgan fingerprint density at radius 3 is 2.76 bits per heavy atom. The van der Waals surface area contributed by atoms with E-state index in [-0.39, 0.29) is 23.3 Å². The molecule has 1 aromatic carbocycles. The number of halogens is 1. The van der Waals surface area contributed by atoms with Gasteiger partial charge in [0, 0.05) is 35.8 Å². The fraction of sp³-hybridized carbons (Fsp3) is 0.375. The number of anilines is 1. The number of aromatic amines is 1. The highest BCUT2D eigenvalue weighted by molar-refractivity contribution is 6.09. The second-order valence-electron chi connectivity index (χ2n) is 9.18. The predicted octanol–water partition coefficient (Wildman–Crippen LogP) is 3.42. The van der Waals surface area contributed by atoms with Gasteiger partial charge in [-0.2, -0.15) is 0 Å². The molecule has 3 heterocycles. The fourth-order valence-corrected chi connectivity index (χ4v) is 3.98. The molecular weight excluding hydrogens is 425 g/mol. The van der Waals surface area contributed by atoms with E-state index in [1.807, 2.05) is 13.8 Å². The molecule has 4 N–H and O–H groups in total. The van der Waals surface area contributed by atoms with Gasteiger partial charge in [-0.3, -0.25) is 4.79 Å². The molecule has 1 saturated carbocycles. The fourth-order valence-electron chi connectivity index (χ4n) is 3.98. The maximum atomic E-state index is 15.6. The first-order chi connectivity index (χ1) is 15.8. The number of benzene rings is 1. The third-order valence-corrected chi connectivity index (χ3v) is 5.98. The van der Waals surface area contributed by atoms with Crippen molar-refractivity contribution in [3.05, 3.63) is 47.4 Å². The quantitative estimate of drug-likeness (QED) is 0.429. The van der Waals surface area contributed by atoms with Crippen molar-refractivity contribution >= 4 is 28.5 Å². The van der Waals surface area contributed by atoms with Gasteiger partial charge in [0.15, 0.2) is 5.82 Å². The Balaban J connectivity index is 1.62. The van der Waals surface area contributed by atoms with Crippen molar-refractivity contribution in [2.75, 3.05) is 19.0 Å². The molecule has 1 aliphatic carbocycles. The molecule has 1 atom stereocenters. The topological polar surface area (TPSA) is 112 Å². The Morgan fingerprint density at radius 2 is 2.09 bits per heavy atom. The van der Waals surface area contributed by atoms with E-state index in [4.69, 9.17) is 4.74 Å². The van der Waals surface area contributed by atoms with Crippen molar-refractivity contribution in [2.24, 2.45) is 10.9 Å². The maximum Gasteiger partial charge on any atom is 0.253 e. The van der Waals surface area contributed by atoms with Crippen LogP contribution in [0, 0.1) is 11.7 Å². The molecule has 1 amide bonds. The number of hydrogen-bond acceptors (Lipinski definition) is 6. The molecule has 2 aromatic heterocycles. The number of carbonyl (C=O) groups excluding carboxylic acids is 1. The first-order valence-electron chi connectivity index (χ1n) is 11.0. The molecule has 0 radical (unpaired) electrons. The normalized spacial score (nSPS) is 18.0. The minimum Gasteiger partial charge on any atom is -0.475 e. The second-order valence-corrected chi connectivity index (χ2v) is 9.18. The van der Waals surface area contributed by atoms with Gasteiger partial charge < -0.3 is 25.5 Å². The van der Waals surface area contributed by atoms with Gasteiger partial charge in [0.1, 0.15) is 18.7 Å². The van der Waals surface area contributed by atoms with E-state index in [2.05, 4.69) is 25.6 Å². The Morgan fingerprint density at radius 1 is 1.33 bits per heavy atom. The smallest absolute Gasteiger partial charge is 0.253 e. The van der Waals surface area contributed by atoms with Crippen molar-refractivity contribution in [1.82, 2.24) is 15.3 Å². The molecule has 1 aliphatic heterocycles. The summed E-state index contributed by atoms with van der Waals surface area (Å²) in [5.74, 6) is 0.0867. The lowest BCUT2D eigenvalue weighted by Crippen LogP contribution is -2.22. The van der Waals surface area contributed by atoms with E-state index >= 15 is 4.39 Å². The van der Waals surface area contributed by atoms with Crippen LogP contribution in [0.5, 0.6) is 0 Å². The van der Waals surface area contributed by atoms with Gasteiger partial charge in [-0.05, 0) is 44.9 Å². The Hall–Kier alpha value is -3.46. The van der Waals surface area contributed by atoms with E-state index in [0.29, 0.717) is 40.1 Å². The zero-order valence-electron chi connectivity index (χ0n) is 18.7. The van der Waals surface area contributed by atoms with Crippen LogP contribution >= 0.6 is 0 Å². The summed E-state index contributed by atoms with van der Waals surface area (Å²) in [7, 11) is 1.54. The van der Waals surface area contributed by atoms with Crippen LogP contribution < -0.4 is 10.6 Å². The van der Waals surface area contributed by atoms with E-state index in [9.17, 15) is 9.90 Å². The third-order valence-electron chi connectivity index (χ3n) is 5.98. The van der Waals surface area contributed by atoms with Gasteiger partial charge in [0.25, 0.3) is 5.91 Å². The number of nitrogens with one attached hydrogen (secondary N) is 3. The number of aliphatic hydroxyl groups excluding tert-OH is 1. The number of aliphatic hydroxyl groups is 1. The molecule has 172 valence electrons. The Labute approximate surface area is 190 Å². The number of rotatable bonds is 6. The number of hydrogen-bond donors (Lipinski definition) is 4. The van der Waals surface area contributed by atoms with Crippen LogP contribution in [0.2, 0.25) is 0 Å². The molecule has 5 rings (SSSR count). The highest BCUT2D eigenvalue weighted by Gasteiger charge is 2.31. The van der Waals surface area contributed by atoms with Crippen LogP contribution in [0.25, 0.3) is 22.2 Å². The van der Waals surface area contributed by atoms with Crippen molar-refractivity contribution in [1.29, 1.82) is 0 Å². The molecule has 8 nitrogen and oxygen atoms in total. The third kappa shape index (κ3) is 3.93. The average Bonchev–Trinajstić information content (AvgIpc) is 3.45. The molecule has 0 saturated heterocycles. The van der Waals surface area contributed by atoms with E-state index in [1.165, 1.54) is 13.2 Å². The van der Waals surface area contributed by atoms with Crippen LogP contribution in [0.15, 0.2) is 35.5 Å². The molecule has 0 bridgehead atoms. The van der Waals surface area contributed by atoms with E-state index in [0.717, 1.165) is 12.8 Å². The molecule has 33 heavy (non-hydrogen) atoms. The molecule has 1 fully saturated rings. The number of carbonyl (C=O) groups is 1. The minimum absolute atomic E-state index is 0.181. The lowest BCUT2D eigenvalue weighted by molar-refractivity contribution is 0.0964. The number of H-pyrrole nitrogens is 1. The van der Waals surface area contributed by atoms with Gasteiger partial charge in [-0.1, -0.05) is 6.07 Å². The zero-order valence-corrected chi connectivity index (χ0v) is 18.7. The number of aliphatic imine (C=N–C) groups is 1. The largest absolute Gasteiger partial charge is 0.475 e. The van der Waals surface area contributed by atoms with E-state index < -0.39 is 17.6 Å². The van der Waals surface area contributed by atoms with Crippen molar-refractivity contribution in [2.45, 2.75) is 38.5 Å². The Bertz CT molecular complexity index is 1280. The highest BCUT2D eigenvalue weighted by Crippen LogP contribution is 2.36. The summed E-state index contributed by atoms with van der Waals surface area (Å²) in [5.41, 5.74) is 1.54. The van der Waals surface area contributed by atoms with Gasteiger partial charge in [-0.15, -0.1) is 0 Å². The summed E-state index contributed by atoms with van der Waals surface area (Å²) in [5, 5.41) is 16.6. The first kappa shape index (κ1) is 21.4. The number of ether oxygens (including phenoxy) is 1. The lowest BCUT2D eigenvalue weighted by Gasteiger charge is -2.14. The summed E-state index contributed by atoms with van der Waals surface area (Å²) < 4.78 is 21.2. The zero-order chi connectivity index (χ0) is 23.3. The number of pyridine rings is 1. The standard InChI is InChI=1S/C24H26FN5O3/c1-24(2)11-33-23(30-24)14-6-4-5-13(18(14)25)17-9-15-16(22(32)26-3)10-27-20(19(15)28-17)29-21(31)12-7-8-12/h4-6,9-10,12,21,28,31H,7-8,11H2,1-3H3,(H,26,32)(H,27,29). The Kier molecular flexibility index (Phi) is 5.08. The number of aromatic nitrogens is 2. The lowest BCUT2D eigenvalue weighted by atomic mass is 10.1. The summed E-state index contributed by atoms with van der Waals surface area (Å²) in [6, 6.07) is 6.76. The number of nitrogens with zero attached hydrogens (tertiary/aromatic N) is 2. The second kappa shape index (κ2) is 7.84. The van der Waals surface area contributed by atoms with Crippen molar-refractivity contribution in [3.63, 3.8) is 0 Å². The average molecular weight is 452 g/mol. The number of amides is 1. The summed E-state index contributed by atoms with van der Waals surface area (Å²) >= 11 is 0. The van der Waals surface area contributed by atoms with Crippen LogP contribution in [0.3, 0.4) is 0 Å².